The number of carbonyl (C=O) groups is 1. The van der Waals surface area contributed by atoms with E-state index in [9.17, 15) is 17.6 Å². The van der Waals surface area contributed by atoms with Gasteiger partial charge in [0, 0.05) is 16.6 Å². The number of nitrogens with one attached hydrogen (secondary N) is 2. The Morgan fingerprint density at radius 3 is 2.56 bits per heavy atom. The van der Waals surface area contributed by atoms with Crippen molar-refractivity contribution in [3.63, 3.8) is 0 Å². The lowest BCUT2D eigenvalue weighted by Crippen LogP contribution is -2.17. The number of para-hydroxylation sites is 1. The molecule has 4 aromatic rings. The van der Waals surface area contributed by atoms with Crippen molar-refractivity contribution in [3.05, 3.63) is 100 Å². The third-order valence-electron chi connectivity index (χ3n) is 4.84. The molecule has 2 N–H and O–H groups in total. The van der Waals surface area contributed by atoms with E-state index >= 15 is 0 Å². The molecule has 0 radical (unpaired) electrons. The van der Waals surface area contributed by atoms with Crippen LogP contribution >= 0.6 is 11.3 Å². The van der Waals surface area contributed by atoms with Crippen LogP contribution in [-0.4, -0.2) is 19.3 Å². The maximum Gasteiger partial charge on any atom is 0.262 e. The van der Waals surface area contributed by atoms with Crippen LogP contribution in [0.25, 0.3) is 0 Å². The quantitative estimate of drug-likeness (QED) is 0.348. The van der Waals surface area contributed by atoms with Gasteiger partial charge in [-0.05, 0) is 61.0 Å². The number of thiazole rings is 1. The minimum atomic E-state index is -4.08. The first-order valence-electron chi connectivity index (χ1n) is 10.1. The summed E-state index contributed by atoms with van der Waals surface area (Å²) in [5.41, 5.74) is 3.49. The number of amides is 1. The van der Waals surface area contributed by atoms with Gasteiger partial charge in [-0.25, -0.2) is 17.8 Å². The number of aromatic nitrogens is 1. The molecule has 10 heteroatoms. The molecule has 1 heterocycles. The average molecular weight is 498 g/mol. The van der Waals surface area contributed by atoms with Crippen LogP contribution in [0.1, 0.15) is 21.6 Å². The van der Waals surface area contributed by atoms with Crippen LogP contribution in [0.15, 0.2) is 82.5 Å². The lowest BCUT2D eigenvalue weighted by molar-refractivity contribution is 0.102. The van der Waals surface area contributed by atoms with Crippen molar-refractivity contribution >= 4 is 38.6 Å². The second-order valence-electron chi connectivity index (χ2n) is 7.31. The molecule has 3 aromatic carbocycles. The largest absolute Gasteiger partial charge is 0.487 e. The Morgan fingerprint density at radius 2 is 1.85 bits per heavy atom. The molecule has 0 saturated carbocycles. The summed E-state index contributed by atoms with van der Waals surface area (Å²) in [5.74, 6) is -0.514. The molecule has 0 spiro atoms. The molecule has 4 rings (SSSR count). The first-order valence-corrected chi connectivity index (χ1v) is 12.5. The van der Waals surface area contributed by atoms with Crippen molar-refractivity contribution < 1.29 is 22.3 Å². The minimum Gasteiger partial charge on any atom is -0.487 e. The van der Waals surface area contributed by atoms with Gasteiger partial charge in [0.2, 0.25) is 0 Å². The molecular weight excluding hydrogens is 477 g/mol. The number of nitrogens with zero attached hydrogens (tertiary/aromatic N) is 1. The molecule has 0 fully saturated rings. The zero-order chi connectivity index (χ0) is 24.1. The van der Waals surface area contributed by atoms with Crippen LogP contribution in [-0.2, 0) is 16.6 Å². The summed E-state index contributed by atoms with van der Waals surface area (Å²) in [6, 6.07) is 16.6. The number of ether oxygens (including phenoxy) is 1. The highest BCUT2D eigenvalue weighted by Crippen LogP contribution is 2.25. The molecule has 1 aromatic heterocycles. The number of rotatable bonds is 8. The van der Waals surface area contributed by atoms with Gasteiger partial charge in [-0.1, -0.05) is 18.2 Å². The fraction of sp³-hybridized carbons (Fsp3) is 0.0833. The number of aryl methyl sites for hydroxylation is 1. The Bertz CT molecular complexity index is 1410. The maximum atomic E-state index is 13.9. The van der Waals surface area contributed by atoms with Crippen LogP contribution in [0.3, 0.4) is 0 Å². The number of hydrogen-bond donors (Lipinski definition) is 2. The van der Waals surface area contributed by atoms with Crippen LogP contribution in [0, 0.1) is 12.7 Å². The van der Waals surface area contributed by atoms with E-state index in [2.05, 4.69) is 15.0 Å². The summed E-state index contributed by atoms with van der Waals surface area (Å²) in [6.45, 7) is 1.95. The van der Waals surface area contributed by atoms with Gasteiger partial charge in [-0.2, -0.15) is 0 Å². The maximum absolute atomic E-state index is 13.9. The topological polar surface area (TPSA) is 97.4 Å². The van der Waals surface area contributed by atoms with E-state index in [1.54, 1.807) is 48.8 Å². The zero-order valence-electron chi connectivity index (χ0n) is 18.0. The highest BCUT2D eigenvalue weighted by Gasteiger charge is 2.20. The number of halogens is 1. The van der Waals surface area contributed by atoms with Gasteiger partial charge in [0.1, 0.15) is 18.2 Å². The fourth-order valence-corrected chi connectivity index (χ4v) is 4.97. The zero-order valence-corrected chi connectivity index (χ0v) is 19.6. The number of hydrogen-bond acceptors (Lipinski definition) is 6. The number of benzene rings is 3. The van der Waals surface area contributed by atoms with E-state index in [4.69, 9.17) is 4.74 Å². The number of carbonyl (C=O) groups excluding carboxylic acids is 1. The molecule has 0 aliphatic carbocycles. The van der Waals surface area contributed by atoms with Crippen LogP contribution in [0.4, 0.5) is 15.8 Å². The number of anilines is 2. The SMILES string of the molecule is Cc1ccc(NC(=O)c2ccc(OCc3cscn3)cc2)cc1S(=O)(=O)Nc1ccccc1F. The summed E-state index contributed by atoms with van der Waals surface area (Å²) in [4.78, 5) is 16.8. The molecule has 0 aliphatic heterocycles. The van der Waals surface area contributed by atoms with Crippen molar-refractivity contribution in [1.82, 2.24) is 4.98 Å². The molecule has 0 bridgehead atoms. The van der Waals surface area contributed by atoms with E-state index in [1.165, 1.54) is 35.6 Å². The van der Waals surface area contributed by atoms with Crippen LogP contribution in [0.2, 0.25) is 0 Å². The summed E-state index contributed by atoms with van der Waals surface area (Å²) in [5, 5.41) is 4.58. The monoisotopic (exact) mass is 497 g/mol. The molecular formula is C24H20FN3O4S2. The molecule has 0 aliphatic rings. The van der Waals surface area contributed by atoms with Gasteiger partial charge in [-0.15, -0.1) is 11.3 Å². The summed E-state index contributed by atoms with van der Waals surface area (Å²) in [7, 11) is -4.08. The third-order valence-corrected chi connectivity index (χ3v) is 6.98. The standard InChI is InChI=1S/C24H20FN3O4S2/c1-16-6-9-18(12-23(16)34(30,31)28-22-5-3-2-4-21(22)25)27-24(29)17-7-10-20(11-8-17)32-13-19-14-33-15-26-19/h2-12,14-15,28H,13H2,1H3,(H,27,29). The average Bonchev–Trinajstić information content (AvgIpc) is 3.34. The molecule has 174 valence electrons. The van der Waals surface area contributed by atoms with Crippen molar-refractivity contribution in [1.29, 1.82) is 0 Å². The Morgan fingerprint density at radius 1 is 1.09 bits per heavy atom. The van der Waals surface area contributed by atoms with Crippen LogP contribution in [0.5, 0.6) is 5.75 Å². The molecule has 7 nitrogen and oxygen atoms in total. The highest BCUT2D eigenvalue weighted by molar-refractivity contribution is 7.92. The molecule has 0 atom stereocenters. The lowest BCUT2D eigenvalue weighted by Gasteiger charge is -2.13. The summed E-state index contributed by atoms with van der Waals surface area (Å²) < 4.78 is 47.5. The second kappa shape index (κ2) is 10.0. The van der Waals surface area contributed by atoms with E-state index < -0.39 is 21.7 Å². The van der Waals surface area contributed by atoms with Gasteiger partial charge in [-0.3, -0.25) is 9.52 Å². The van der Waals surface area contributed by atoms with Gasteiger partial charge < -0.3 is 10.1 Å². The van der Waals surface area contributed by atoms with E-state index in [-0.39, 0.29) is 16.3 Å². The smallest absolute Gasteiger partial charge is 0.262 e. The van der Waals surface area contributed by atoms with Crippen molar-refractivity contribution in [2.24, 2.45) is 0 Å². The summed E-state index contributed by atoms with van der Waals surface area (Å²) in [6.07, 6.45) is 0. The Hall–Kier alpha value is -3.76. The molecule has 0 unspecified atom stereocenters. The van der Waals surface area contributed by atoms with Gasteiger partial charge >= 0.3 is 0 Å². The van der Waals surface area contributed by atoms with E-state index in [1.807, 2.05) is 5.38 Å². The van der Waals surface area contributed by atoms with Crippen molar-refractivity contribution in [3.8, 4) is 5.75 Å². The summed E-state index contributed by atoms with van der Waals surface area (Å²) >= 11 is 1.48. The van der Waals surface area contributed by atoms with Gasteiger partial charge in [0.15, 0.2) is 0 Å². The first-order chi connectivity index (χ1) is 16.3. The Balaban J connectivity index is 1.46. The second-order valence-corrected chi connectivity index (χ2v) is 9.68. The first kappa shape index (κ1) is 23.4. The fourth-order valence-electron chi connectivity index (χ4n) is 3.08. The highest BCUT2D eigenvalue weighted by atomic mass is 32.2. The third kappa shape index (κ3) is 5.59. The number of sulfonamides is 1. The van der Waals surface area contributed by atoms with Crippen molar-refractivity contribution in [2.45, 2.75) is 18.4 Å². The molecule has 0 saturated heterocycles. The van der Waals surface area contributed by atoms with E-state index in [0.29, 0.717) is 23.5 Å². The normalized spacial score (nSPS) is 11.1. The molecule has 1 amide bonds. The van der Waals surface area contributed by atoms with Crippen LogP contribution < -0.4 is 14.8 Å². The lowest BCUT2D eigenvalue weighted by atomic mass is 10.2. The van der Waals surface area contributed by atoms with Gasteiger partial charge in [0.25, 0.3) is 15.9 Å². The Labute approximate surface area is 200 Å². The predicted octanol–water partition coefficient (Wildman–Crippen LogP) is 5.22. The van der Waals surface area contributed by atoms with Crippen molar-refractivity contribution in [2.75, 3.05) is 10.0 Å². The molecule has 34 heavy (non-hydrogen) atoms. The van der Waals surface area contributed by atoms with Gasteiger partial charge in [0.05, 0.1) is 21.8 Å². The predicted molar refractivity (Wildman–Crippen MR) is 129 cm³/mol. The van der Waals surface area contributed by atoms with E-state index in [0.717, 1.165) is 11.8 Å². The Kier molecular flexibility index (Phi) is 6.90. The minimum absolute atomic E-state index is 0.0701.